The number of ether oxygens (including phenoxy) is 1. The van der Waals surface area contributed by atoms with Gasteiger partial charge in [-0.15, -0.1) is 0 Å². The Bertz CT molecular complexity index is 1650. The summed E-state index contributed by atoms with van der Waals surface area (Å²) in [5, 5.41) is 10.9. The van der Waals surface area contributed by atoms with Crippen LogP contribution in [0.2, 0.25) is 0 Å². The van der Waals surface area contributed by atoms with Crippen LogP contribution in [0, 0.1) is 17.8 Å². The molecule has 2 aliphatic carbocycles. The fourth-order valence-electron chi connectivity index (χ4n) is 8.57. The maximum atomic E-state index is 13.4. The van der Waals surface area contributed by atoms with E-state index in [0.717, 1.165) is 56.5 Å². The quantitative estimate of drug-likeness (QED) is 0.366. The van der Waals surface area contributed by atoms with Crippen molar-refractivity contribution in [2.75, 3.05) is 20.1 Å². The van der Waals surface area contributed by atoms with E-state index in [4.69, 9.17) is 4.74 Å². The van der Waals surface area contributed by atoms with Gasteiger partial charge in [0.15, 0.2) is 11.5 Å². The number of phenols is 1. The molecule has 1 spiro atoms. The van der Waals surface area contributed by atoms with Crippen molar-refractivity contribution in [1.29, 1.82) is 0 Å². The number of carbonyl (C=O) groups is 1. The summed E-state index contributed by atoms with van der Waals surface area (Å²) in [5.41, 5.74) is 2.95. The van der Waals surface area contributed by atoms with Gasteiger partial charge >= 0.3 is 6.18 Å². The van der Waals surface area contributed by atoms with Crippen LogP contribution in [0.25, 0.3) is 0 Å². The van der Waals surface area contributed by atoms with E-state index in [1.807, 2.05) is 12.1 Å². The van der Waals surface area contributed by atoms with E-state index in [0.29, 0.717) is 29.2 Å². The maximum absolute atomic E-state index is 13.4. The van der Waals surface area contributed by atoms with Crippen LogP contribution >= 0.6 is 0 Å². The molecule has 2 bridgehead atoms. The van der Waals surface area contributed by atoms with Gasteiger partial charge < -0.3 is 14.7 Å². The highest BCUT2D eigenvalue weighted by Gasteiger charge is 2.66. The first-order valence-electron chi connectivity index (χ1n) is 15.3. The molecule has 3 aromatic carbocycles. The Hall–Kier alpha value is -3.96. The van der Waals surface area contributed by atoms with Gasteiger partial charge in [-0.1, -0.05) is 49.2 Å². The van der Waals surface area contributed by atoms with Crippen LogP contribution in [0.4, 0.5) is 13.2 Å². The molecule has 2 heterocycles. The van der Waals surface area contributed by atoms with E-state index in [1.165, 1.54) is 23.3 Å². The molecule has 1 unspecified atom stereocenters. The molecule has 6 atom stereocenters. The van der Waals surface area contributed by atoms with Crippen molar-refractivity contribution in [2.24, 2.45) is 5.92 Å². The summed E-state index contributed by atoms with van der Waals surface area (Å²) in [4.78, 5) is 17.7. The van der Waals surface area contributed by atoms with E-state index in [1.54, 1.807) is 18.0 Å². The minimum absolute atomic E-state index is 0.139. The first-order valence-corrected chi connectivity index (χ1v) is 15.3. The van der Waals surface area contributed by atoms with Crippen LogP contribution in [-0.4, -0.2) is 59.1 Å². The fourth-order valence-corrected chi connectivity index (χ4v) is 8.57. The molecule has 4 aliphatic rings. The molecule has 228 valence electrons. The Kier molecular flexibility index (Phi) is 6.93. The van der Waals surface area contributed by atoms with Gasteiger partial charge in [-0.25, -0.2) is 0 Å². The molecule has 7 rings (SSSR count). The third-order valence-electron chi connectivity index (χ3n) is 10.6. The Morgan fingerprint density at radius 2 is 1.86 bits per heavy atom. The second-order valence-corrected chi connectivity index (χ2v) is 12.8. The summed E-state index contributed by atoms with van der Waals surface area (Å²) < 4.78 is 45.5. The average molecular weight is 601 g/mol. The number of alkyl halides is 3. The van der Waals surface area contributed by atoms with Crippen molar-refractivity contribution < 1.29 is 27.8 Å². The number of likely N-dealkylation sites (N-methyl/N-ethyl adjacent to an activating group) is 1. The first-order chi connectivity index (χ1) is 21.1. The monoisotopic (exact) mass is 600 g/mol. The summed E-state index contributed by atoms with van der Waals surface area (Å²) >= 11 is 0. The third kappa shape index (κ3) is 4.56. The largest absolute Gasteiger partial charge is 0.504 e. The Morgan fingerprint density at radius 1 is 1.11 bits per heavy atom. The number of hydrogen-bond acceptors (Lipinski definition) is 4. The van der Waals surface area contributed by atoms with Crippen molar-refractivity contribution in [3.63, 3.8) is 0 Å². The van der Waals surface area contributed by atoms with Gasteiger partial charge in [0, 0.05) is 42.1 Å². The molecule has 0 aromatic heterocycles. The second-order valence-electron chi connectivity index (χ2n) is 12.8. The minimum atomic E-state index is -4.43. The smallest absolute Gasteiger partial charge is 0.416 e. The molecule has 2 aliphatic heterocycles. The maximum Gasteiger partial charge on any atom is 0.416 e. The van der Waals surface area contributed by atoms with Crippen LogP contribution < -0.4 is 4.74 Å². The average Bonchev–Trinajstić information content (AvgIpc) is 3.37. The van der Waals surface area contributed by atoms with E-state index < -0.39 is 17.6 Å². The number of aromatic hydroxyl groups is 1. The van der Waals surface area contributed by atoms with Crippen LogP contribution in [-0.2, 0) is 22.8 Å². The van der Waals surface area contributed by atoms with Crippen molar-refractivity contribution in [1.82, 2.24) is 9.80 Å². The van der Waals surface area contributed by atoms with E-state index in [9.17, 15) is 23.1 Å². The Balaban J connectivity index is 1.16. The predicted octanol–water partition coefficient (Wildman–Crippen LogP) is 6.13. The molecule has 5 nitrogen and oxygen atoms in total. The van der Waals surface area contributed by atoms with Gasteiger partial charge in [-0.2, -0.15) is 13.2 Å². The summed E-state index contributed by atoms with van der Waals surface area (Å²) in [6.07, 6.45) is -1.30. The predicted molar refractivity (Wildman–Crippen MR) is 160 cm³/mol. The second kappa shape index (κ2) is 10.6. The number of likely N-dealkylation sites (tertiary alicyclic amines) is 1. The van der Waals surface area contributed by atoms with Crippen molar-refractivity contribution in [3.8, 4) is 23.3 Å². The minimum Gasteiger partial charge on any atom is -0.504 e. The highest BCUT2D eigenvalue weighted by molar-refractivity contribution is 5.94. The Labute approximate surface area is 255 Å². The summed E-state index contributed by atoms with van der Waals surface area (Å²) in [6.45, 7) is 4.16. The van der Waals surface area contributed by atoms with Crippen LogP contribution in [0.15, 0.2) is 66.7 Å². The van der Waals surface area contributed by atoms with Crippen LogP contribution in [0.3, 0.4) is 0 Å². The molecule has 0 radical (unpaired) electrons. The van der Waals surface area contributed by atoms with Crippen molar-refractivity contribution in [3.05, 3.63) is 94.5 Å². The highest BCUT2D eigenvalue weighted by Crippen LogP contribution is 2.64. The molecular weight excluding hydrogens is 565 g/mol. The lowest BCUT2D eigenvalue weighted by Crippen LogP contribution is -2.69. The highest BCUT2D eigenvalue weighted by atomic mass is 19.4. The number of nitrogens with zero attached hydrogens (tertiary/aromatic N) is 2. The lowest BCUT2D eigenvalue weighted by Gasteiger charge is -2.60. The molecule has 1 amide bonds. The van der Waals surface area contributed by atoms with E-state index >= 15 is 0 Å². The molecule has 1 saturated carbocycles. The Morgan fingerprint density at radius 3 is 2.59 bits per heavy atom. The number of carbonyl (C=O) groups excluding carboxylic acids is 1. The molecular formula is C36H35F3N2O3. The summed E-state index contributed by atoms with van der Waals surface area (Å²) in [6, 6.07) is 19.0. The zero-order chi connectivity index (χ0) is 30.8. The molecule has 8 heteroatoms. The third-order valence-corrected chi connectivity index (χ3v) is 10.6. The normalized spacial score (nSPS) is 27.4. The molecule has 44 heavy (non-hydrogen) atoms. The summed E-state index contributed by atoms with van der Waals surface area (Å²) in [7, 11) is 1.73. The van der Waals surface area contributed by atoms with Crippen molar-refractivity contribution in [2.45, 2.75) is 68.3 Å². The lowest BCUT2D eigenvalue weighted by molar-refractivity contribution is -0.137. The van der Waals surface area contributed by atoms with Crippen molar-refractivity contribution >= 4 is 5.91 Å². The first kappa shape index (κ1) is 28.8. The standard InChI is InChI=1S/C36H35F3N2O3/c1-22(24-6-4-3-5-7-24)21-41-19-18-35-27-14-15-28(34(35)44-33-30(42)16-11-25(32(33)35)20-29(27)41)40(2)31(43)17-10-23-8-12-26(13-9-23)36(37,38)39/h3-9,11-13,16,22,27-29,34,42H,14-15,18-21H2,1-2H3/t22?,27-,28+,29+,34-,35-/m0/s1. The van der Waals surface area contributed by atoms with Crippen LogP contribution in [0.1, 0.15) is 59.9 Å². The van der Waals surface area contributed by atoms with Gasteiger partial charge in [0.25, 0.3) is 5.91 Å². The number of phenolic OH excluding ortho intramolecular Hbond substituents is 1. The van der Waals surface area contributed by atoms with Gasteiger partial charge in [-0.05, 0) is 85.5 Å². The number of hydrogen-bond donors (Lipinski definition) is 1. The van der Waals surface area contributed by atoms with E-state index in [-0.39, 0.29) is 23.3 Å². The SMILES string of the molecule is CC(CN1CC[C@]23c4c5ccc(O)c4O[C@H]2[C@H](N(C)C(=O)C#Cc2ccc(C(F)(F)F)cc2)CC[C@H]3[C@H]1C5)c1ccccc1. The van der Waals surface area contributed by atoms with Gasteiger partial charge in [-0.3, -0.25) is 9.69 Å². The number of amides is 1. The summed E-state index contributed by atoms with van der Waals surface area (Å²) in [5.74, 6) is 6.40. The number of rotatable bonds is 4. The molecule has 2 fully saturated rings. The van der Waals surface area contributed by atoms with Gasteiger partial charge in [0.2, 0.25) is 0 Å². The molecule has 3 aromatic rings. The van der Waals surface area contributed by atoms with Gasteiger partial charge in [0.05, 0.1) is 11.6 Å². The fraction of sp³-hybridized carbons (Fsp3) is 0.417. The molecule has 1 N–H and O–H groups in total. The molecule has 1 saturated heterocycles. The number of piperidine rings is 1. The topological polar surface area (TPSA) is 53.0 Å². The zero-order valence-corrected chi connectivity index (χ0v) is 24.8. The number of halogens is 3. The lowest BCUT2D eigenvalue weighted by atomic mass is 9.51. The van der Waals surface area contributed by atoms with E-state index in [2.05, 4.69) is 47.9 Å². The zero-order valence-electron chi connectivity index (χ0n) is 24.8. The van der Waals surface area contributed by atoms with Crippen LogP contribution in [0.5, 0.6) is 11.5 Å². The van der Waals surface area contributed by atoms with Gasteiger partial charge in [0.1, 0.15) is 6.10 Å². The number of benzene rings is 3.